The molecule has 3 aromatic rings. The van der Waals surface area contributed by atoms with E-state index >= 15 is 0 Å². The molecule has 0 atom stereocenters. The Morgan fingerprint density at radius 1 is 0.476 bits per heavy atom. The zero-order chi connectivity index (χ0) is 13.8. The molecule has 0 amide bonds. The quantitative estimate of drug-likeness (QED) is 0.583. The van der Waals surface area contributed by atoms with E-state index in [1.165, 1.54) is 0 Å². The Labute approximate surface area is 166 Å². The standard InChI is InChI=1S/C18H15OP.Eu/c19-20(16-10-4-1-5-11-16,17-12-6-2-7-13-17)18-14-8-3-9-15-18;/h1-15H;. The second kappa shape index (κ2) is 7.65. The van der Waals surface area contributed by atoms with Gasteiger partial charge in [-0.2, -0.15) is 0 Å². The van der Waals surface area contributed by atoms with Crippen molar-refractivity contribution < 1.29 is 53.9 Å². The van der Waals surface area contributed by atoms with E-state index in [2.05, 4.69) is 0 Å². The van der Waals surface area contributed by atoms with Crippen LogP contribution >= 0.6 is 7.14 Å². The maximum Gasteiger partial charge on any atom is 0.171 e. The zero-order valence-electron chi connectivity index (χ0n) is 11.4. The maximum atomic E-state index is 13.8. The summed E-state index contributed by atoms with van der Waals surface area (Å²) in [6, 6.07) is 29.1. The number of hydrogen-bond donors (Lipinski definition) is 0. The van der Waals surface area contributed by atoms with E-state index in [1.54, 1.807) is 0 Å². The van der Waals surface area contributed by atoms with E-state index in [0.717, 1.165) is 15.9 Å². The number of hydrogen-bond acceptors (Lipinski definition) is 1. The van der Waals surface area contributed by atoms with Crippen LogP contribution in [0.15, 0.2) is 91.0 Å². The molecule has 0 heterocycles. The molecule has 0 aromatic heterocycles. The first-order valence-electron chi connectivity index (χ1n) is 6.59. The van der Waals surface area contributed by atoms with Crippen molar-refractivity contribution in [3.63, 3.8) is 0 Å². The van der Waals surface area contributed by atoms with Crippen LogP contribution in [0.1, 0.15) is 0 Å². The van der Waals surface area contributed by atoms with Crippen LogP contribution in [-0.2, 0) is 4.57 Å². The fourth-order valence-electron chi connectivity index (χ4n) is 2.36. The smallest absolute Gasteiger partial charge is 0.171 e. The van der Waals surface area contributed by atoms with E-state index in [1.807, 2.05) is 91.0 Å². The average Bonchev–Trinajstić information content (AvgIpc) is 2.56. The van der Waals surface area contributed by atoms with Gasteiger partial charge >= 0.3 is 0 Å². The largest absolute Gasteiger partial charge is 0.309 e. The summed E-state index contributed by atoms with van der Waals surface area (Å²) in [6.45, 7) is 0. The summed E-state index contributed by atoms with van der Waals surface area (Å²) in [5.41, 5.74) is 0. The molecule has 21 heavy (non-hydrogen) atoms. The molecule has 1 nitrogen and oxygen atoms in total. The molecule has 3 heteroatoms. The molecular weight excluding hydrogens is 415 g/mol. The SMILES string of the molecule is O=P(c1ccccc1)(c1ccccc1)c1ccccc1.[Eu]. The van der Waals surface area contributed by atoms with Gasteiger partial charge in [0.05, 0.1) is 0 Å². The average molecular weight is 430 g/mol. The Balaban J connectivity index is 0.00000161. The Hall–Kier alpha value is -0.526. The van der Waals surface area contributed by atoms with Crippen LogP contribution < -0.4 is 15.9 Å². The van der Waals surface area contributed by atoms with Gasteiger partial charge in [-0.3, -0.25) is 0 Å². The number of benzene rings is 3. The molecule has 0 fully saturated rings. The van der Waals surface area contributed by atoms with Crippen molar-refractivity contribution in [3.05, 3.63) is 91.0 Å². The molecule has 0 N–H and O–H groups in total. The van der Waals surface area contributed by atoms with Crippen LogP contribution in [-0.4, -0.2) is 0 Å². The summed E-state index contributed by atoms with van der Waals surface area (Å²) >= 11 is 0. The third kappa shape index (κ3) is 3.46. The molecule has 0 spiro atoms. The number of rotatable bonds is 3. The van der Waals surface area contributed by atoms with Crippen LogP contribution in [0.4, 0.5) is 0 Å². The molecule has 0 aliphatic rings. The molecule has 0 unspecified atom stereocenters. The molecule has 1 radical (unpaired) electrons. The van der Waals surface area contributed by atoms with Gasteiger partial charge in [0.1, 0.15) is 0 Å². The predicted octanol–water partition coefficient (Wildman–Crippen LogP) is 3.33. The Morgan fingerprint density at radius 3 is 0.952 bits per heavy atom. The normalized spacial score (nSPS) is 10.7. The minimum atomic E-state index is -2.78. The summed E-state index contributed by atoms with van der Waals surface area (Å²) in [6.07, 6.45) is 0. The van der Waals surface area contributed by atoms with Gasteiger partial charge in [-0.25, -0.2) is 0 Å². The minimum Gasteiger partial charge on any atom is -0.309 e. The second-order valence-electron chi connectivity index (χ2n) is 4.62. The van der Waals surface area contributed by atoms with Gasteiger partial charge in [0.25, 0.3) is 0 Å². The fourth-order valence-corrected chi connectivity index (χ4v) is 5.03. The van der Waals surface area contributed by atoms with Crippen molar-refractivity contribution in [1.29, 1.82) is 0 Å². The monoisotopic (exact) mass is 431 g/mol. The van der Waals surface area contributed by atoms with Crippen molar-refractivity contribution in [2.45, 2.75) is 0 Å². The van der Waals surface area contributed by atoms with Gasteiger partial charge in [-0.1, -0.05) is 91.0 Å². The van der Waals surface area contributed by atoms with E-state index in [9.17, 15) is 4.57 Å². The molecule has 105 valence electrons. The Bertz CT molecular complexity index is 624. The van der Waals surface area contributed by atoms with Crippen LogP contribution in [0.5, 0.6) is 0 Å². The third-order valence-corrected chi connectivity index (χ3v) is 6.44. The van der Waals surface area contributed by atoms with Gasteiger partial charge in [0.2, 0.25) is 0 Å². The molecule has 3 rings (SSSR count). The van der Waals surface area contributed by atoms with Gasteiger partial charge in [-0.15, -0.1) is 0 Å². The summed E-state index contributed by atoms with van der Waals surface area (Å²) in [5, 5.41) is 2.62. The topological polar surface area (TPSA) is 17.1 Å². The van der Waals surface area contributed by atoms with Gasteiger partial charge in [0, 0.05) is 65.3 Å². The van der Waals surface area contributed by atoms with Crippen molar-refractivity contribution in [2.24, 2.45) is 0 Å². The van der Waals surface area contributed by atoms with Crippen molar-refractivity contribution in [3.8, 4) is 0 Å². The van der Waals surface area contributed by atoms with Crippen molar-refractivity contribution >= 4 is 23.1 Å². The molecule has 0 saturated carbocycles. The molecular formula is C18H15EuOP. The van der Waals surface area contributed by atoms with Crippen molar-refractivity contribution in [2.75, 3.05) is 0 Å². The first kappa shape index (κ1) is 16.8. The Morgan fingerprint density at radius 2 is 0.714 bits per heavy atom. The molecule has 3 aromatic carbocycles. The first-order valence-corrected chi connectivity index (χ1v) is 8.29. The summed E-state index contributed by atoms with van der Waals surface area (Å²) in [5.74, 6) is 0. The van der Waals surface area contributed by atoms with Crippen LogP contribution in [0, 0.1) is 49.4 Å². The fraction of sp³-hybridized carbons (Fsp3) is 0. The van der Waals surface area contributed by atoms with Crippen LogP contribution in [0.25, 0.3) is 0 Å². The van der Waals surface area contributed by atoms with Crippen LogP contribution in [0.3, 0.4) is 0 Å². The first-order chi connectivity index (χ1) is 9.82. The van der Waals surface area contributed by atoms with E-state index in [0.29, 0.717) is 0 Å². The summed E-state index contributed by atoms with van der Waals surface area (Å²) in [4.78, 5) is 0. The zero-order valence-corrected chi connectivity index (χ0v) is 14.7. The summed E-state index contributed by atoms with van der Waals surface area (Å²) < 4.78 is 13.8. The molecule has 0 bridgehead atoms. The second-order valence-corrected chi connectivity index (χ2v) is 7.38. The predicted molar refractivity (Wildman–Crippen MR) is 85.8 cm³/mol. The Kier molecular flexibility index (Phi) is 6.13. The van der Waals surface area contributed by atoms with Crippen LogP contribution in [0.2, 0.25) is 0 Å². The van der Waals surface area contributed by atoms with Gasteiger partial charge in [-0.05, 0) is 0 Å². The maximum absolute atomic E-state index is 13.8. The minimum absolute atomic E-state index is 0. The van der Waals surface area contributed by atoms with E-state index < -0.39 is 7.14 Å². The summed E-state index contributed by atoms with van der Waals surface area (Å²) in [7, 11) is -2.78. The van der Waals surface area contributed by atoms with E-state index in [4.69, 9.17) is 0 Å². The van der Waals surface area contributed by atoms with Gasteiger partial charge < -0.3 is 4.57 Å². The van der Waals surface area contributed by atoms with Crippen molar-refractivity contribution in [1.82, 2.24) is 0 Å². The third-order valence-electron chi connectivity index (χ3n) is 3.36. The molecule has 0 saturated heterocycles. The molecule has 0 aliphatic carbocycles. The van der Waals surface area contributed by atoms with Gasteiger partial charge in [0.15, 0.2) is 7.14 Å². The molecule has 0 aliphatic heterocycles. The van der Waals surface area contributed by atoms with E-state index in [-0.39, 0.29) is 49.4 Å².